The van der Waals surface area contributed by atoms with E-state index in [1.165, 1.54) is 13.4 Å². The first-order valence-electron chi connectivity index (χ1n) is 4.04. The van der Waals surface area contributed by atoms with Crippen molar-refractivity contribution in [3.05, 3.63) is 36.1 Å². The second-order valence-electron chi connectivity index (χ2n) is 2.70. The van der Waals surface area contributed by atoms with Gasteiger partial charge in [-0.1, -0.05) is 18.2 Å². The lowest BCUT2D eigenvalue weighted by molar-refractivity contribution is -0.154. The van der Waals surface area contributed by atoms with Gasteiger partial charge in [0.15, 0.2) is 12.0 Å². The summed E-state index contributed by atoms with van der Waals surface area (Å²) in [5.74, 6) is 0.0659. The van der Waals surface area contributed by atoms with Crippen LogP contribution in [0.1, 0.15) is 5.56 Å². The average Bonchev–Trinajstić information content (AvgIpc) is 2.27. The van der Waals surface area contributed by atoms with Gasteiger partial charge >= 0.3 is 5.97 Å². The molecule has 0 atom stereocenters. The van der Waals surface area contributed by atoms with Gasteiger partial charge in [-0.25, -0.2) is 4.79 Å². The van der Waals surface area contributed by atoms with Crippen LogP contribution in [0.3, 0.4) is 0 Å². The van der Waals surface area contributed by atoms with Crippen molar-refractivity contribution in [2.75, 3.05) is 7.11 Å². The van der Waals surface area contributed by atoms with Gasteiger partial charge in [-0.15, -0.1) is 0 Å². The van der Waals surface area contributed by atoms with Gasteiger partial charge in [0.1, 0.15) is 5.57 Å². The number of benzene rings is 1. The molecule has 0 amide bonds. The van der Waals surface area contributed by atoms with E-state index >= 15 is 0 Å². The zero-order chi connectivity index (χ0) is 9.97. The summed E-state index contributed by atoms with van der Waals surface area (Å²) in [4.78, 5) is 20.8. The van der Waals surface area contributed by atoms with Gasteiger partial charge in [0, 0.05) is 5.56 Å². The first kappa shape index (κ1) is 8.62. The molecule has 1 heterocycles. The first-order chi connectivity index (χ1) is 6.83. The molecule has 0 aliphatic carbocycles. The third kappa shape index (κ3) is 1.31. The molecule has 1 aromatic rings. The Morgan fingerprint density at radius 3 is 2.93 bits per heavy atom. The van der Waals surface area contributed by atoms with Crippen LogP contribution < -0.4 is 4.89 Å². The standard InChI is InChI=1S/C10H8O4/c1-12-10(11)8-6-13-14-9-5-3-2-4-7(8)9/h2-6H,1H3. The number of para-hydroxylation sites is 1. The van der Waals surface area contributed by atoms with Crippen LogP contribution in [0.25, 0.3) is 5.57 Å². The molecule has 0 unspecified atom stereocenters. The Morgan fingerprint density at radius 2 is 2.14 bits per heavy atom. The predicted molar refractivity (Wildman–Crippen MR) is 48.1 cm³/mol. The highest BCUT2D eigenvalue weighted by molar-refractivity contribution is 6.17. The molecule has 2 rings (SSSR count). The van der Waals surface area contributed by atoms with Gasteiger partial charge in [0.05, 0.1) is 7.11 Å². The summed E-state index contributed by atoms with van der Waals surface area (Å²) in [5, 5.41) is 0. The van der Waals surface area contributed by atoms with Crippen LogP contribution in [-0.2, 0) is 14.4 Å². The fraction of sp³-hybridized carbons (Fsp3) is 0.100. The molecule has 0 aromatic heterocycles. The Balaban J connectivity index is 2.45. The number of rotatable bonds is 1. The summed E-state index contributed by atoms with van der Waals surface area (Å²) in [6.07, 6.45) is 1.23. The molecule has 0 fully saturated rings. The molecule has 1 aromatic carbocycles. The van der Waals surface area contributed by atoms with Gasteiger partial charge in [-0.3, -0.25) is 9.78 Å². The van der Waals surface area contributed by atoms with E-state index in [0.717, 1.165) is 0 Å². The van der Waals surface area contributed by atoms with Crippen molar-refractivity contribution < 1.29 is 19.3 Å². The van der Waals surface area contributed by atoms with Crippen molar-refractivity contribution >= 4 is 11.5 Å². The van der Waals surface area contributed by atoms with Gasteiger partial charge in [-0.05, 0) is 6.07 Å². The second kappa shape index (κ2) is 3.41. The van der Waals surface area contributed by atoms with Crippen molar-refractivity contribution in [2.24, 2.45) is 0 Å². The van der Waals surface area contributed by atoms with Crippen LogP contribution in [0, 0.1) is 0 Å². The molecule has 0 spiro atoms. The number of carbonyl (C=O) groups excluding carboxylic acids is 1. The zero-order valence-corrected chi connectivity index (χ0v) is 7.52. The van der Waals surface area contributed by atoms with E-state index in [2.05, 4.69) is 9.62 Å². The van der Waals surface area contributed by atoms with Crippen LogP contribution in [0.4, 0.5) is 0 Å². The molecule has 72 valence electrons. The Morgan fingerprint density at radius 1 is 1.36 bits per heavy atom. The highest BCUT2D eigenvalue weighted by Gasteiger charge is 2.21. The maximum absolute atomic E-state index is 11.3. The third-order valence-corrected chi connectivity index (χ3v) is 1.89. The SMILES string of the molecule is COC(=O)C1=COOc2ccccc21. The minimum Gasteiger partial charge on any atom is -0.465 e. The lowest BCUT2D eigenvalue weighted by Gasteiger charge is -2.14. The van der Waals surface area contributed by atoms with E-state index in [9.17, 15) is 4.79 Å². The molecule has 0 bridgehead atoms. The number of hydrogen-bond acceptors (Lipinski definition) is 4. The fourth-order valence-corrected chi connectivity index (χ4v) is 1.22. The maximum Gasteiger partial charge on any atom is 0.341 e. The molecule has 14 heavy (non-hydrogen) atoms. The fourth-order valence-electron chi connectivity index (χ4n) is 1.22. The lowest BCUT2D eigenvalue weighted by Crippen LogP contribution is -2.10. The van der Waals surface area contributed by atoms with E-state index in [1.54, 1.807) is 18.2 Å². The molecule has 0 saturated heterocycles. The van der Waals surface area contributed by atoms with Gasteiger partial charge in [-0.2, -0.15) is 0 Å². The van der Waals surface area contributed by atoms with Crippen molar-refractivity contribution in [2.45, 2.75) is 0 Å². The summed E-state index contributed by atoms with van der Waals surface area (Å²) >= 11 is 0. The minimum absolute atomic E-state index is 0.356. The zero-order valence-electron chi connectivity index (χ0n) is 7.52. The number of carbonyl (C=O) groups is 1. The number of hydrogen-bond donors (Lipinski definition) is 0. The number of ether oxygens (including phenoxy) is 1. The maximum atomic E-state index is 11.3. The number of methoxy groups -OCH3 is 1. The first-order valence-corrected chi connectivity index (χ1v) is 4.04. The normalized spacial score (nSPS) is 13.1. The molecule has 0 N–H and O–H groups in total. The summed E-state index contributed by atoms with van der Waals surface area (Å²) in [6.45, 7) is 0. The highest BCUT2D eigenvalue weighted by atomic mass is 17.2. The van der Waals surface area contributed by atoms with Crippen molar-refractivity contribution in [3.8, 4) is 5.75 Å². The summed E-state index contributed by atoms with van der Waals surface area (Å²) in [5.41, 5.74) is 1.03. The Bertz CT molecular complexity index is 395. The van der Waals surface area contributed by atoms with Crippen LogP contribution in [0.15, 0.2) is 30.5 Å². The molecule has 4 heteroatoms. The smallest absolute Gasteiger partial charge is 0.341 e. The number of fused-ring (bicyclic) bond motifs is 1. The van der Waals surface area contributed by atoms with Crippen molar-refractivity contribution in [3.63, 3.8) is 0 Å². The summed E-state index contributed by atoms with van der Waals surface area (Å²) in [6, 6.07) is 7.08. The van der Waals surface area contributed by atoms with E-state index in [1.807, 2.05) is 6.07 Å². The Labute approximate surface area is 80.6 Å². The average molecular weight is 192 g/mol. The molecule has 0 saturated carbocycles. The molecule has 0 radical (unpaired) electrons. The molecule has 1 aliphatic rings. The molecule has 4 nitrogen and oxygen atoms in total. The van der Waals surface area contributed by atoms with Crippen molar-refractivity contribution in [1.29, 1.82) is 0 Å². The molecular weight excluding hydrogens is 184 g/mol. The van der Waals surface area contributed by atoms with E-state index in [0.29, 0.717) is 16.9 Å². The Hall–Kier alpha value is -1.97. The third-order valence-electron chi connectivity index (χ3n) is 1.89. The highest BCUT2D eigenvalue weighted by Crippen LogP contribution is 2.30. The summed E-state index contributed by atoms with van der Waals surface area (Å²) < 4.78 is 4.60. The monoisotopic (exact) mass is 192 g/mol. The largest absolute Gasteiger partial charge is 0.465 e. The van der Waals surface area contributed by atoms with Gasteiger partial charge in [0.2, 0.25) is 0 Å². The molecular formula is C10H8O4. The quantitative estimate of drug-likeness (QED) is 0.500. The van der Waals surface area contributed by atoms with Gasteiger partial charge in [0.25, 0.3) is 0 Å². The van der Waals surface area contributed by atoms with E-state index in [-0.39, 0.29) is 0 Å². The van der Waals surface area contributed by atoms with E-state index < -0.39 is 5.97 Å². The number of esters is 1. The predicted octanol–water partition coefficient (Wildman–Crippen LogP) is 1.52. The Kier molecular flexibility index (Phi) is 2.10. The van der Waals surface area contributed by atoms with Crippen LogP contribution in [0.2, 0.25) is 0 Å². The lowest BCUT2D eigenvalue weighted by atomic mass is 10.1. The minimum atomic E-state index is -0.444. The van der Waals surface area contributed by atoms with Crippen molar-refractivity contribution in [1.82, 2.24) is 0 Å². The van der Waals surface area contributed by atoms with Crippen LogP contribution in [0.5, 0.6) is 5.75 Å². The van der Waals surface area contributed by atoms with E-state index in [4.69, 9.17) is 4.89 Å². The second-order valence-corrected chi connectivity index (χ2v) is 2.70. The topological polar surface area (TPSA) is 44.8 Å². The molecule has 1 aliphatic heterocycles. The van der Waals surface area contributed by atoms with Gasteiger partial charge < -0.3 is 4.74 Å². The summed E-state index contributed by atoms with van der Waals surface area (Å²) in [7, 11) is 1.32. The van der Waals surface area contributed by atoms with Crippen LogP contribution >= 0.6 is 0 Å². The van der Waals surface area contributed by atoms with Crippen LogP contribution in [-0.4, -0.2) is 13.1 Å².